The smallest absolute Gasteiger partial charge is 0.408 e. The van der Waals surface area contributed by atoms with E-state index in [0.717, 1.165) is 11.1 Å². The summed E-state index contributed by atoms with van der Waals surface area (Å²) >= 11 is 0. The summed E-state index contributed by atoms with van der Waals surface area (Å²) in [6.07, 6.45) is -0.878. The fourth-order valence-electron chi connectivity index (χ4n) is 3.56. The van der Waals surface area contributed by atoms with Crippen molar-refractivity contribution in [3.05, 3.63) is 34.9 Å². The number of amides is 3. The van der Waals surface area contributed by atoms with Crippen LogP contribution in [0.25, 0.3) is 0 Å². The Balaban J connectivity index is 3.52. The number of benzene rings is 1. The molecular weight excluding hydrogens is 454 g/mol. The van der Waals surface area contributed by atoms with Crippen LogP contribution in [0.3, 0.4) is 0 Å². The van der Waals surface area contributed by atoms with Crippen LogP contribution in [0.2, 0.25) is 0 Å². The molecule has 0 aliphatic rings. The summed E-state index contributed by atoms with van der Waals surface area (Å²) in [6.45, 7) is 12.8. The number of hydrogen-bond donors (Lipinski definition) is 3. The molecule has 1 aromatic carbocycles. The van der Waals surface area contributed by atoms with E-state index in [4.69, 9.17) is 4.74 Å². The second-order valence-corrected chi connectivity index (χ2v) is 10.4. The molecule has 0 aliphatic carbocycles. The Morgan fingerprint density at radius 3 is 1.97 bits per heavy atom. The zero-order chi connectivity index (χ0) is 27.1. The van der Waals surface area contributed by atoms with Gasteiger partial charge in [0.1, 0.15) is 24.2 Å². The molecule has 1 aromatic rings. The van der Waals surface area contributed by atoms with Crippen molar-refractivity contribution in [2.45, 2.75) is 78.6 Å². The lowest BCUT2D eigenvalue weighted by Gasteiger charge is -2.43. The van der Waals surface area contributed by atoms with E-state index in [9.17, 15) is 24.3 Å². The van der Waals surface area contributed by atoms with E-state index in [2.05, 4.69) is 15.4 Å². The summed E-state index contributed by atoms with van der Waals surface area (Å²) in [5.74, 6) is -1.95. The Labute approximate surface area is 207 Å². The highest BCUT2D eigenvalue weighted by Crippen LogP contribution is 2.31. The first-order valence-electron chi connectivity index (χ1n) is 11.4. The van der Waals surface area contributed by atoms with E-state index in [-0.39, 0.29) is 6.54 Å². The van der Waals surface area contributed by atoms with Crippen LogP contribution < -0.4 is 10.6 Å². The van der Waals surface area contributed by atoms with Gasteiger partial charge in [-0.2, -0.15) is 0 Å². The number of carbonyl (C=O) groups excluding carboxylic acids is 4. The summed E-state index contributed by atoms with van der Waals surface area (Å²) in [7, 11) is 1.20. The molecule has 0 radical (unpaired) electrons. The fourth-order valence-corrected chi connectivity index (χ4v) is 3.56. The van der Waals surface area contributed by atoms with Gasteiger partial charge < -0.3 is 30.1 Å². The number of rotatable bonds is 8. The number of aryl methyl sites for hydroxylation is 2. The topological polar surface area (TPSA) is 134 Å². The summed E-state index contributed by atoms with van der Waals surface area (Å²) in [5, 5.41) is 14.9. The van der Waals surface area contributed by atoms with Crippen molar-refractivity contribution in [2.75, 3.05) is 20.3 Å². The van der Waals surface area contributed by atoms with Crippen LogP contribution in [0, 0.1) is 13.8 Å². The normalized spacial score (nSPS) is 13.3. The third-order valence-corrected chi connectivity index (χ3v) is 4.83. The molecule has 0 fully saturated rings. The number of carbonyl (C=O) groups is 4. The number of hydrogen-bond acceptors (Lipinski definition) is 7. The third kappa shape index (κ3) is 9.20. The lowest BCUT2D eigenvalue weighted by molar-refractivity contribution is -0.150. The molecular formula is C25H39N3O7. The second kappa shape index (κ2) is 12.0. The van der Waals surface area contributed by atoms with Gasteiger partial charge >= 0.3 is 12.1 Å². The average Bonchev–Trinajstić information content (AvgIpc) is 2.70. The van der Waals surface area contributed by atoms with Gasteiger partial charge in [0.2, 0.25) is 11.8 Å². The minimum Gasteiger partial charge on any atom is -0.468 e. The van der Waals surface area contributed by atoms with E-state index in [0.29, 0.717) is 5.56 Å². The number of methoxy groups -OCH3 is 1. The van der Waals surface area contributed by atoms with Crippen molar-refractivity contribution in [3.8, 4) is 0 Å². The van der Waals surface area contributed by atoms with Crippen molar-refractivity contribution >= 4 is 23.9 Å². The van der Waals surface area contributed by atoms with Crippen LogP contribution in [-0.2, 0) is 23.9 Å². The highest BCUT2D eigenvalue weighted by molar-refractivity contribution is 5.93. The maximum atomic E-state index is 13.7. The molecule has 196 valence electrons. The lowest BCUT2D eigenvalue weighted by Crippen LogP contribution is -2.59. The third-order valence-electron chi connectivity index (χ3n) is 4.83. The number of nitrogens with zero attached hydrogens (tertiary/aromatic N) is 1. The zero-order valence-electron chi connectivity index (χ0n) is 22.1. The van der Waals surface area contributed by atoms with Crippen LogP contribution in [0.15, 0.2) is 18.2 Å². The minimum atomic E-state index is -1.37. The highest BCUT2D eigenvalue weighted by atomic mass is 16.6. The summed E-state index contributed by atoms with van der Waals surface area (Å²) in [5.41, 5.74) is 0.523. The van der Waals surface area contributed by atoms with Crippen molar-refractivity contribution in [1.82, 2.24) is 15.5 Å². The first kappa shape index (κ1) is 29.9. The van der Waals surface area contributed by atoms with Gasteiger partial charge in [-0.25, -0.2) is 4.79 Å². The van der Waals surface area contributed by atoms with Gasteiger partial charge in [-0.3, -0.25) is 14.4 Å². The van der Waals surface area contributed by atoms with E-state index in [1.165, 1.54) is 12.0 Å². The monoisotopic (exact) mass is 493 g/mol. The number of aliphatic hydroxyl groups is 1. The largest absolute Gasteiger partial charge is 0.468 e. The van der Waals surface area contributed by atoms with Gasteiger partial charge in [-0.15, -0.1) is 0 Å². The van der Waals surface area contributed by atoms with Crippen LogP contribution in [0.4, 0.5) is 4.79 Å². The summed E-state index contributed by atoms with van der Waals surface area (Å²) < 4.78 is 9.83. The maximum absolute atomic E-state index is 13.7. The van der Waals surface area contributed by atoms with Crippen LogP contribution >= 0.6 is 0 Å². The van der Waals surface area contributed by atoms with E-state index >= 15 is 0 Å². The molecule has 1 rings (SSSR count). The van der Waals surface area contributed by atoms with Gasteiger partial charge in [0.15, 0.2) is 0 Å². The molecule has 0 aromatic heterocycles. The van der Waals surface area contributed by atoms with E-state index in [1.807, 2.05) is 19.9 Å². The Morgan fingerprint density at radius 1 is 1.00 bits per heavy atom. The van der Waals surface area contributed by atoms with Gasteiger partial charge in [0.05, 0.1) is 13.7 Å². The maximum Gasteiger partial charge on any atom is 0.408 e. The molecule has 0 heterocycles. The van der Waals surface area contributed by atoms with Gasteiger partial charge in [0.25, 0.3) is 0 Å². The minimum absolute atomic E-state index is 0.387. The molecule has 35 heavy (non-hydrogen) atoms. The zero-order valence-corrected chi connectivity index (χ0v) is 22.1. The van der Waals surface area contributed by atoms with Crippen molar-refractivity contribution in [2.24, 2.45) is 0 Å². The molecule has 0 spiro atoms. The van der Waals surface area contributed by atoms with Crippen LogP contribution in [0.5, 0.6) is 0 Å². The van der Waals surface area contributed by atoms with E-state index < -0.39 is 53.7 Å². The molecule has 2 atom stereocenters. The summed E-state index contributed by atoms with van der Waals surface area (Å²) in [4.78, 5) is 52.4. The van der Waals surface area contributed by atoms with Crippen molar-refractivity contribution < 1.29 is 33.8 Å². The second-order valence-electron chi connectivity index (χ2n) is 10.4. The molecule has 2 unspecified atom stereocenters. The van der Waals surface area contributed by atoms with Crippen molar-refractivity contribution in [1.29, 1.82) is 0 Å². The van der Waals surface area contributed by atoms with Crippen LogP contribution in [0.1, 0.15) is 64.3 Å². The van der Waals surface area contributed by atoms with E-state index in [1.54, 1.807) is 53.7 Å². The number of aliphatic hydroxyl groups excluding tert-OH is 1. The Kier molecular flexibility index (Phi) is 10.3. The summed E-state index contributed by atoms with van der Waals surface area (Å²) in [6, 6.07) is 2.94. The van der Waals surface area contributed by atoms with Crippen molar-refractivity contribution in [3.63, 3.8) is 0 Å². The number of alkyl carbamates (subject to hydrolysis) is 1. The van der Waals surface area contributed by atoms with Gasteiger partial charge in [0, 0.05) is 5.54 Å². The number of esters is 1. The average molecular weight is 494 g/mol. The molecule has 10 heteroatoms. The number of nitrogens with one attached hydrogen (secondary N) is 2. The molecule has 0 saturated heterocycles. The predicted octanol–water partition coefficient (Wildman–Crippen LogP) is 2.15. The molecule has 0 aliphatic heterocycles. The quantitative estimate of drug-likeness (QED) is 0.472. The van der Waals surface area contributed by atoms with Crippen LogP contribution in [-0.4, -0.2) is 71.3 Å². The van der Waals surface area contributed by atoms with Gasteiger partial charge in [-0.1, -0.05) is 29.3 Å². The Morgan fingerprint density at radius 2 is 1.54 bits per heavy atom. The highest BCUT2D eigenvalue weighted by Gasteiger charge is 2.42. The first-order valence-corrected chi connectivity index (χ1v) is 11.4. The molecule has 3 N–H and O–H groups in total. The standard InChI is InChI=1S/C25H39N3O7/c1-15-10-16(2)12-17(11-15)20(21(31)26-13-19(30)34-9)28(24(3,4)5)22(32)18(14-29)27-23(33)35-25(6,7)8/h10-12,18,20,29H,13-14H2,1-9H3,(H,26,31)(H,27,33). The molecule has 0 saturated carbocycles. The SMILES string of the molecule is COC(=O)CNC(=O)C(c1cc(C)cc(C)c1)N(C(=O)C(CO)NC(=O)OC(C)(C)C)C(C)(C)C. The predicted molar refractivity (Wildman–Crippen MR) is 131 cm³/mol. The van der Waals surface area contributed by atoms with Gasteiger partial charge in [-0.05, 0) is 61.0 Å². The molecule has 0 bridgehead atoms. The first-order chi connectivity index (χ1) is 16.0. The number of ether oxygens (including phenoxy) is 2. The Bertz CT molecular complexity index is 912. The fraction of sp³-hybridized carbons (Fsp3) is 0.600. The molecule has 3 amide bonds. The Hall–Kier alpha value is -3.14. The molecule has 10 nitrogen and oxygen atoms in total. The lowest BCUT2D eigenvalue weighted by atomic mass is 9.93.